The molecule has 0 bridgehead atoms. The number of aryl methyl sites for hydroxylation is 1. The first-order chi connectivity index (χ1) is 13.1. The minimum Gasteiger partial charge on any atom is -0.324 e. The molecule has 4 rings (SSSR count). The van der Waals surface area contributed by atoms with E-state index < -0.39 is 4.92 Å². The molecule has 2 heterocycles. The Morgan fingerprint density at radius 2 is 1.81 bits per heavy atom. The monoisotopic (exact) mass is 378 g/mol. The van der Waals surface area contributed by atoms with E-state index in [1.807, 2.05) is 31.2 Å². The Kier molecular flexibility index (Phi) is 4.35. The molecule has 0 aliphatic rings. The fourth-order valence-corrected chi connectivity index (χ4v) is 3.32. The van der Waals surface area contributed by atoms with Crippen molar-refractivity contribution < 1.29 is 4.92 Å². The van der Waals surface area contributed by atoms with E-state index >= 15 is 0 Å². The highest BCUT2D eigenvalue weighted by molar-refractivity contribution is 7.22. The van der Waals surface area contributed by atoms with Crippen molar-refractivity contribution in [3.63, 3.8) is 0 Å². The highest BCUT2D eigenvalue weighted by atomic mass is 32.1. The number of thiazole rings is 1. The van der Waals surface area contributed by atoms with Crippen LogP contribution in [0.15, 0.2) is 54.7 Å². The topological polar surface area (TPSA) is 106 Å². The van der Waals surface area contributed by atoms with Crippen LogP contribution in [0.1, 0.15) is 5.56 Å². The summed E-state index contributed by atoms with van der Waals surface area (Å²) in [6, 6.07) is 14.0. The first kappa shape index (κ1) is 16.9. The number of hydrogen-bond donors (Lipinski definition) is 2. The Balaban J connectivity index is 1.56. The van der Waals surface area contributed by atoms with Crippen LogP contribution in [0.4, 0.5) is 28.3 Å². The van der Waals surface area contributed by atoms with Crippen molar-refractivity contribution in [2.24, 2.45) is 0 Å². The second kappa shape index (κ2) is 6.96. The molecule has 134 valence electrons. The first-order valence-electron chi connectivity index (χ1n) is 8.06. The number of nitrogens with zero attached hydrogens (tertiary/aromatic N) is 4. The molecular weight excluding hydrogens is 364 g/mol. The van der Waals surface area contributed by atoms with Crippen LogP contribution >= 0.6 is 11.3 Å². The van der Waals surface area contributed by atoms with Crippen molar-refractivity contribution in [1.29, 1.82) is 0 Å². The average Bonchev–Trinajstić information content (AvgIpc) is 3.07. The van der Waals surface area contributed by atoms with Gasteiger partial charge in [0.05, 0.1) is 15.1 Å². The van der Waals surface area contributed by atoms with Gasteiger partial charge in [-0.2, -0.15) is 4.98 Å². The lowest BCUT2D eigenvalue weighted by atomic mass is 10.3. The molecule has 0 radical (unpaired) electrons. The number of aromatic nitrogens is 3. The van der Waals surface area contributed by atoms with Gasteiger partial charge in [-0.25, -0.2) is 9.97 Å². The molecule has 2 aromatic carbocycles. The molecule has 0 aliphatic heterocycles. The van der Waals surface area contributed by atoms with Gasteiger partial charge in [0, 0.05) is 29.6 Å². The number of nitro groups is 1. The molecule has 8 nitrogen and oxygen atoms in total. The molecular formula is C18H14N6O2S. The number of non-ortho nitro benzene ring substituents is 1. The highest BCUT2D eigenvalue weighted by Gasteiger charge is 2.09. The lowest BCUT2D eigenvalue weighted by Gasteiger charge is -2.09. The molecule has 2 N–H and O–H groups in total. The Morgan fingerprint density at radius 1 is 1.04 bits per heavy atom. The fraction of sp³-hybridized carbons (Fsp3) is 0.0556. The zero-order valence-electron chi connectivity index (χ0n) is 14.2. The number of fused-ring (bicyclic) bond motifs is 1. The molecule has 0 saturated carbocycles. The van der Waals surface area contributed by atoms with Crippen LogP contribution in [0.3, 0.4) is 0 Å². The molecule has 0 amide bonds. The van der Waals surface area contributed by atoms with Gasteiger partial charge in [0.15, 0.2) is 5.13 Å². The molecule has 0 saturated heterocycles. The molecule has 0 unspecified atom stereocenters. The van der Waals surface area contributed by atoms with Crippen molar-refractivity contribution in [3.8, 4) is 0 Å². The van der Waals surface area contributed by atoms with Gasteiger partial charge in [-0.05, 0) is 31.2 Å². The molecule has 27 heavy (non-hydrogen) atoms. The standard InChI is InChI=1S/C18H14N6O2S/c1-11-10-19-17(20-12-6-8-13(9-7-12)24(25)26)22-16(11)23-18-21-14-4-2-3-5-15(14)27-18/h2-10H,1H3,(H2,19,20,21,22,23). The van der Waals surface area contributed by atoms with Gasteiger partial charge >= 0.3 is 0 Å². The second-order valence-electron chi connectivity index (χ2n) is 5.77. The average molecular weight is 378 g/mol. The third-order valence-electron chi connectivity index (χ3n) is 3.83. The summed E-state index contributed by atoms with van der Waals surface area (Å²) >= 11 is 1.55. The third kappa shape index (κ3) is 3.67. The summed E-state index contributed by atoms with van der Waals surface area (Å²) in [5, 5.41) is 17.8. The number of hydrogen-bond acceptors (Lipinski definition) is 8. The number of rotatable bonds is 5. The first-order valence-corrected chi connectivity index (χ1v) is 8.88. The van der Waals surface area contributed by atoms with Crippen LogP contribution in [0.5, 0.6) is 0 Å². The summed E-state index contributed by atoms with van der Waals surface area (Å²) in [6.45, 7) is 1.91. The van der Waals surface area contributed by atoms with Crippen molar-refractivity contribution in [2.45, 2.75) is 6.92 Å². The molecule has 0 aliphatic carbocycles. The zero-order valence-corrected chi connectivity index (χ0v) is 15.0. The van der Waals surface area contributed by atoms with E-state index in [0.717, 1.165) is 20.9 Å². The van der Waals surface area contributed by atoms with Crippen molar-refractivity contribution in [2.75, 3.05) is 10.6 Å². The van der Waals surface area contributed by atoms with Gasteiger partial charge in [-0.3, -0.25) is 10.1 Å². The summed E-state index contributed by atoms with van der Waals surface area (Å²) in [5.41, 5.74) is 2.50. The Hall–Kier alpha value is -3.59. The minimum absolute atomic E-state index is 0.0311. The smallest absolute Gasteiger partial charge is 0.269 e. The van der Waals surface area contributed by atoms with E-state index in [1.165, 1.54) is 12.1 Å². The van der Waals surface area contributed by atoms with E-state index in [0.29, 0.717) is 17.5 Å². The van der Waals surface area contributed by atoms with E-state index in [9.17, 15) is 10.1 Å². The molecule has 0 fully saturated rings. The van der Waals surface area contributed by atoms with E-state index in [-0.39, 0.29) is 5.69 Å². The zero-order chi connectivity index (χ0) is 18.8. The van der Waals surface area contributed by atoms with Crippen LogP contribution in [-0.2, 0) is 0 Å². The summed E-state index contributed by atoms with van der Waals surface area (Å²) in [4.78, 5) is 23.6. The van der Waals surface area contributed by atoms with E-state index in [4.69, 9.17) is 0 Å². The maximum Gasteiger partial charge on any atom is 0.269 e. The third-order valence-corrected chi connectivity index (χ3v) is 4.78. The highest BCUT2D eigenvalue weighted by Crippen LogP contribution is 2.29. The second-order valence-corrected chi connectivity index (χ2v) is 6.80. The largest absolute Gasteiger partial charge is 0.324 e. The van der Waals surface area contributed by atoms with Crippen molar-refractivity contribution in [3.05, 3.63) is 70.4 Å². The lowest BCUT2D eigenvalue weighted by Crippen LogP contribution is -2.02. The van der Waals surface area contributed by atoms with Crippen LogP contribution in [0.25, 0.3) is 10.2 Å². The summed E-state index contributed by atoms with van der Waals surface area (Å²) in [7, 11) is 0. The molecule has 0 spiro atoms. The van der Waals surface area contributed by atoms with Crippen LogP contribution < -0.4 is 10.6 Å². The normalized spacial score (nSPS) is 10.7. The van der Waals surface area contributed by atoms with Crippen LogP contribution in [0, 0.1) is 17.0 Å². The van der Waals surface area contributed by atoms with Gasteiger partial charge in [-0.1, -0.05) is 23.5 Å². The van der Waals surface area contributed by atoms with E-state index in [2.05, 4.69) is 25.6 Å². The predicted octanol–water partition coefficient (Wildman–Crippen LogP) is 4.79. The Bertz CT molecular complexity index is 1090. The number of nitrogens with one attached hydrogen (secondary N) is 2. The minimum atomic E-state index is -0.438. The number of nitro benzene ring substituents is 1. The maximum absolute atomic E-state index is 10.7. The molecule has 2 aromatic heterocycles. The maximum atomic E-state index is 10.7. The molecule has 9 heteroatoms. The lowest BCUT2D eigenvalue weighted by molar-refractivity contribution is -0.384. The van der Waals surface area contributed by atoms with Crippen molar-refractivity contribution in [1.82, 2.24) is 15.0 Å². The van der Waals surface area contributed by atoms with Gasteiger partial charge in [0.25, 0.3) is 5.69 Å². The van der Waals surface area contributed by atoms with Gasteiger partial charge < -0.3 is 10.6 Å². The van der Waals surface area contributed by atoms with Gasteiger partial charge in [-0.15, -0.1) is 0 Å². The predicted molar refractivity (Wildman–Crippen MR) is 106 cm³/mol. The van der Waals surface area contributed by atoms with Crippen molar-refractivity contribution >= 4 is 49.8 Å². The quantitative estimate of drug-likeness (QED) is 0.380. The fourth-order valence-electron chi connectivity index (χ4n) is 2.45. The molecule has 4 aromatic rings. The number of benzene rings is 2. The summed E-state index contributed by atoms with van der Waals surface area (Å²) < 4.78 is 1.09. The van der Waals surface area contributed by atoms with E-state index in [1.54, 1.807) is 29.7 Å². The van der Waals surface area contributed by atoms with Gasteiger partial charge in [0.2, 0.25) is 5.95 Å². The Labute approximate surface area is 158 Å². The van der Waals surface area contributed by atoms with Gasteiger partial charge in [0.1, 0.15) is 5.82 Å². The summed E-state index contributed by atoms with van der Waals surface area (Å²) in [5.74, 6) is 1.03. The Morgan fingerprint density at radius 3 is 2.56 bits per heavy atom. The van der Waals surface area contributed by atoms with Crippen LogP contribution in [0.2, 0.25) is 0 Å². The summed E-state index contributed by atoms with van der Waals surface area (Å²) in [6.07, 6.45) is 1.70. The molecule has 0 atom stereocenters. The van der Waals surface area contributed by atoms with Crippen LogP contribution in [-0.4, -0.2) is 19.9 Å². The number of para-hydroxylation sites is 1. The number of anilines is 4. The SMILES string of the molecule is Cc1cnc(Nc2ccc([N+](=O)[O-])cc2)nc1Nc1nc2ccccc2s1.